The molecule has 2 aromatic rings. The average molecular weight is 228 g/mol. The Balaban J connectivity index is 2.54. The molecule has 0 unspecified atom stereocenters. The average Bonchev–Trinajstić information content (AvgIpc) is 2.69. The van der Waals surface area contributed by atoms with Gasteiger partial charge in [-0.2, -0.15) is 18.3 Å². The minimum Gasteiger partial charge on any atom is -0.396 e. The third kappa shape index (κ3) is 1.83. The van der Waals surface area contributed by atoms with Crippen LogP contribution in [0, 0.1) is 0 Å². The van der Waals surface area contributed by atoms with Gasteiger partial charge in [-0.25, -0.2) is 9.67 Å². The van der Waals surface area contributed by atoms with Gasteiger partial charge in [0.25, 0.3) is 0 Å². The number of nitrogen functional groups attached to an aromatic ring is 1. The highest BCUT2D eigenvalue weighted by atomic mass is 19.4. The van der Waals surface area contributed by atoms with Gasteiger partial charge in [-0.1, -0.05) is 0 Å². The maximum atomic E-state index is 12.4. The summed E-state index contributed by atoms with van der Waals surface area (Å²) in [7, 11) is 0. The van der Waals surface area contributed by atoms with Crippen LogP contribution < -0.4 is 5.73 Å². The summed E-state index contributed by atoms with van der Waals surface area (Å²) in [5, 5.41) is 3.81. The van der Waals surface area contributed by atoms with E-state index < -0.39 is 11.9 Å². The predicted octanol–water partition coefficient (Wildman–Crippen LogP) is 1.87. The quantitative estimate of drug-likeness (QED) is 0.810. The molecule has 0 saturated carbocycles. The van der Waals surface area contributed by atoms with Crippen LogP contribution in [0.25, 0.3) is 5.69 Å². The minimum absolute atomic E-state index is 0.136. The molecule has 0 fully saturated rings. The van der Waals surface area contributed by atoms with E-state index in [4.69, 9.17) is 5.73 Å². The standard InChI is InChI=1S/C9H7F3N4/c10-9(11,12)8-4-7(6(13)5-14-8)16-3-1-2-15-16/h1-5H,13H2. The SMILES string of the molecule is Nc1cnc(C(F)(F)F)cc1-n1cccn1. The summed E-state index contributed by atoms with van der Waals surface area (Å²) < 4.78 is 38.5. The van der Waals surface area contributed by atoms with Crippen molar-refractivity contribution in [3.63, 3.8) is 0 Å². The van der Waals surface area contributed by atoms with Gasteiger partial charge < -0.3 is 5.73 Å². The van der Waals surface area contributed by atoms with Gasteiger partial charge in [-0.05, 0) is 12.1 Å². The molecular formula is C9H7F3N4. The number of hydrogen-bond acceptors (Lipinski definition) is 3. The molecule has 0 bridgehead atoms. The zero-order chi connectivity index (χ0) is 11.8. The Morgan fingerprint density at radius 1 is 1.31 bits per heavy atom. The number of pyridine rings is 1. The molecule has 0 atom stereocenters. The first-order chi connectivity index (χ1) is 7.48. The first-order valence-corrected chi connectivity index (χ1v) is 4.31. The van der Waals surface area contributed by atoms with E-state index in [-0.39, 0.29) is 11.4 Å². The van der Waals surface area contributed by atoms with Crippen LogP contribution in [0.3, 0.4) is 0 Å². The molecule has 0 radical (unpaired) electrons. The Morgan fingerprint density at radius 3 is 2.62 bits per heavy atom. The fourth-order valence-corrected chi connectivity index (χ4v) is 1.22. The third-order valence-corrected chi connectivity index (χ3v) is 1.95. The number of hydrogen-bond donors (Lipinski definition) is 1. The van der Waals surface area contributed by atoms with E-state index in [2.05, 4.69) is 10.1 Å². The summed E-state index contributed by atoms with van der Waals surface area (Å²) in [4.78, 5) is 3.23. The van der Waals surface area contributed by atoms with E-state index in [0.29, 0.717) is 0 Å². The normalized spacial score (nSPS) is 11.7. The van der Waals surface area contributed by atoms with Crippen LogP contribution in [0.5, 0.6) is 0 Å². The summed E-state index contributed by atoms with van der Waals surface area (Å²) in [6, 6.07) is 2.45. The van der Waals surface area contributed by atoms with E-state index in [0.717, 1.165) is 12.3 Å². The smallest absolute Gasteiger partial charge is 0.396 e. The zero-order valence-electron chi connectivity index (χ0n) is 7.94. The maximum Gasteiger partial charge on any atom is 0.433 e. The lowest BCUT2D eigenvalue weighted by Gasteiger charge is -2.09. The Kier molecular flexibility index (Phi) is 2.30. The number of alkyl halides is 3. The second kappa shape index (κ2) is 3.51. The first kappa shape index (κ1) is 10.5. The van der Waals surface area contributed by atoms with Crippen LogP contribution in [0.15, 0.2) is 30.7 Å². The van der Waals surface area contributed by atoms with Crippen LogP contribution in [0.2, 0.25) is 0 Å². The molecule has 2 N–H and O–H groups in total. The monoisotopic (exact) mass is 228 g/mol. The molecule has 2 aromatic heterocycles. The summed E-state index contributed by atoms with van der Waals surface area (Å²) in [5.41, 5.74) is 4.84. The minimum atomic E-state index is -4.49. The molecule has 0 aromatic carbocycles. The molecule has 0 amide bonds. The molecule has 0 spiro atoms. The van der Waals surface area contributed by atoms with Crippen molar-refractivity contribution in [3.05, 3.63) is 36.4 Å². The fraction of sp³-hybridized carbons (Fsp3) is 0.111. The number of halogens is 3. The van der Waals surface area contributed by atoms with Gasteiger partial charge in [0.1, 0.15) is 5.69 Å². The molecule has 2 heterocycles. The number of anilines is 1. The van der Waals surface area contributed by atoms with Gasteiger partial charge in [0, 0.05) is 12.4 Å². The zero-order valence-corrected chi connectivity index (χ0v) is 7.94. The van der Waals surface area contributed by atoms with Crippen LogP contribution in [-0.4, -0.2) is 14.8 Å². The van der Waals surface area contributed by atoms with Crippen molar-refractivity contribution >= 4 is 5.69 Å². The van der Waals surface area contributed by atoms with E-state index in [1.165, 1.54) is 17.1 Å². The van der Waals surface area contributed by atoms with Crippen molar-refractivity contribution in [2.45, 2.75) is 6.18 Å². The van der Waals surface area contributed by atoms with E-state index in [1.54, 1.807) is 6.07 Å². The lowest BCUT2D eigenvalue weighted by atomic mass is 10.3. The van der Waals surface area contributed by atoms with Crippen LogP contribution in [-0.2, 0) is 6.18 Å². The van der Waals surface area contributed by atoms with Gasteiger partial charge in [-0.15, -0.1) is 0 Å². The molecule has 7 heteroatoms. The molecule has 84 valence electrons. The summed E-state index contributed by atoms with van der Waals surface area (Å²) >= 11 is 0. The van der Waals surface area contributed by atoms with Crippen molar-refractivity contribution in [1.82, 2.24) is 14.8 Å². The van der Waals surface area contributed by atoms with Crippen molar-refractivity contribution in [1.29, 1.82) is 0 Å². The highest BCUT2D eigenvalue weighted by molar-refractivity contribution is 5.56. The maximum absolute atomic E-state index is 12.4. The second-order valence-corrected chi connectivity index (χ2v) is 3.08. The predicted molar refractivity (Wildman–Crippen MR) is 50.8 cm³/mol. The number of rotatable bonds is 1. The Hall–Kier alpha value is -2.05. The van der Waals surface area contributed by atoms with Crippen LogP contribution >= 0.6 is 0 Å². The van der Waals surface area contributed by atoms with E-state index in [9.17, 15) is 13.2 Å². The summed E-state index contributed by atoms with van der Waals surface area (Å²) in [6.07, 6.45) is -0.561. The topological polar surface area (TPSA) is 56.7 Å². The number of nitrogens with two attached hydrogens (primary N) is 1. The lowest BCUT2D eigenvalue weighted by Crippen LogP contribution is -2.11. The Morgan fingerprint density at radius 2 is 2.06 bits per heavy atom. The highest BCUT2D eigenvalue weighted by Crippen LogP contribution is 2.30. The molecule has 0 aliphatic carbocycles. The van der Waals surface area contributed by atoms with Crippen LogP contribution in [0.4, 0.5) is 18.9 Å². The Labute approximate surface area is 88.5 Å². The van der Waals surface area contributed by atoms with E-state index in [1.807, 2.05) is 0 Å². The molecule has 0 aliphatic heterocycles. The molecule has 0 saturated heterocycles. The third-order valence-electron chi connectivity index (χ3n) is 1.95. The molecule has 16 heavy (non-hydrogen) atoms. The number of aromatic nitrogens is 3. The fourth-order valence-electron chi connectivity index (χ4n) is 1.22. The second-order valence-electron chi connectivity index (χ2n) is 3.08. The lowest BCUT2D eigenvalue weighted by molar-refractivity contribution is -0.141. The summed E-state index contributed by atoms with van der Waals surface area (Å²) in [6.45, 7) is 0. The van der Waals surface area contributed by atoms with Gasteiger partial charge in [-0.3, -0.25) is 0 Å². The number of nitrogens with zero attached hydrogens (tertiary/aromatic N) is 3. The largest absolute Gasteiger partial charge is 0.433 e. The van der Waals surface area contributed by atoms with Crippen molar-refractivity contribution in [2.75, 3.05) is 5.73 Å². The highest BCUT2D eigenvalue weighted by Gasteiger charge is 2.33. The molecule has 2 rings (SSSR count). The molecular weight excluding hydrogens is 221 g/mol. The van der Waals surface area contributed by atoms with Crippen LogP contribution in [0.1, 0.15) is 5.69 Å². The van der Waals surface area contributed by atoms with Gasteiger partial charge >= 0.3 is 6.18 Å². The van der Waals surface area contributed by atoms with Gasteiger partial charge in [0.2, 0.25) is 0 Å². The molecule has 0 aliphatic rings. The Bertz CT molecular complexity index is 490. The first-order valence-electron chi connectivity index (χ1n) is 4.31. The molecule has 4 nitrogen and oxygen atoms in total. The summed E-state index contributed by atoms with van der Waals surface area (Å²) in [5.74, 6) is 0. The van der Waals surface area contributed by atoms with Crippen molar-refractivity contribution in [3.8, 4) is 5.69 Å². The van der Waals surface area contributed by atoms with Gasteiger partial charge in [0.05, 0.1) is 17.6 Å². The van der Waals surface area contributed by atoms with Crippen molar-refractivity contribution in [2.24, 2.45) is 0 Å². The van der Waals surface area contributed by atoms with Crippen molar-refractivity contribution < 1.29 is 13.2 Å². The van der Waals surface area contributed by atoms with E-state index >= 15 is 0 Å². The van der Waals surface area contributed by atoms with Gasteiger partial charge in [0.15, 0.2) is 0 Å².